The minimum atomic E-state index is -0.682. The summed E-state index contributed by atoms with van der Waals surface area (Å²) in [6.07, 6.45) is 1.38. The van der Waals surface area contributed by atoms with Crippen LogP contribution in [-0.2, 0) is 4.74 Å². The summed E-state index contributed by atoms with van der Waals surface area (Å²) in [5.41, 5.74) is -0.321. The average molecular weight is 298 g/mol. The molecule has 0 unspecified atom stereocenters. The number of hydrogen-bond acceptors (Lipinski definition) is 4. The zero-order valence-corrected chi connectivity index (χ0v) is 11.8. The molecule has 2 heterocycles. The molecular weight excluding hydrogens is 284 g/mol. The lowest BCUT2D eigenvalue weighted by Crippen LogP contribution is -2.44. The van der Waals surface area contributed by atoms with Crippen molar-refractivity contribution in [3.63, 3.8) is 0 Å². The molecule has 6 heteroatoms. The molecule has 0 N–H and O–H groups in total. The normalized spacial score (nSPS) is 17.6. The molecule has 1 saturated heterocycles. The molecule has 0 bridgehead atoms. The van der Waals surface area contributed by atoms with Crippen molar-refractivity contribution in [1.29, 1.82) is 0 Å². The Bertz CT molecular complexity index is 848. The lowest BCUT2D eigenvalue weighted by molar-refractivity contribution is 0.0947. The molecule has 0 radical (unpaired) electrons. The number of aromatic nitrogens is 2. The predicted octanol–water partition coefficient (Wildman–Crippen LogP) is 0.826. The first kappa shape index (κ1) is 14.2. The molecule has 1 aromatic carbocycles. The molecule has 0 aliphatic carbocycles. The lowest BCUT2D eigenvalue weighted by Gasteiger charge is -2.14. The highest BCUT2D eigenvalue weighted by atomic mass is 16.5. The Hall–Kier alpha value is -2.73. The van der Waals surface area contributed by atoms with E-state index in [-0.39, 0.29) is 11.6 Å². The third kappa shape index (κ3) is 2.33. The molecule has 1 aromatic heterocycles. The van der Waals surface area contributed by atoms with Gasteiger partial charge in [-0.2, -0.15) is 4.57 Å². The fourth-order valence-electron chi connectivity index (χ4n) is 2.42. The number of carbonyl (C=O) groups excluding carboxylic acids is 1. The van der Waals surface area contributed by atoms with Crippen molar-refractivity contribution in [2.75, 3.05) is 13.2 Å². The molecular formula is C16H14N2O4. The highest BCUT2D eigenvalue weighted by molar-refractivity contribution is 5.95. The maximum atomic E-state index is 12.5. The summed E-state index contributed by atoms with van der Waals surface area (Å²) in [5, 5.41) is 0. The largest absolute Gasteiger partial charge is 0.375 e. The van der Waals surface area contributed by atoms with E-state index in [1.165, 1.54) is 16.8 Å². The Morgan fingerprint density at radius 1 is 1.18 bits per heavy atom. The summed E-state index contributed by atoms with van der Waals surface area (Å²) in [6, 6.07) is 9.06. The molecule has 22 heavy (non-hydrogen) atoms. The zero-order valence-electron chi connectivity index (χ0n) is 11.8. The van der Waals surface area contributed by atoms with Gasteiger partial charge in [0.15, 0.2) is 0 Å². The summed E-state index contributed by atoms with van der Waals surface area (Å²) >= 11 is 0. The first-order chi connectivity index (χ1) is 10.6. The first-order valence-corrected chi connectivity index (χ1v) is 6.79. The minimum absolute atomic E-state index is 0.279. The highest BCUT2D eigenvalue weighted by Gasteiger charge is 2.25. The van der Waals surface area contributed by atoms with Crippen LogP contribution in [0.2, 0.25) is 0 Å². The second kappa shape index (κ2) is 5.57. The SMILES string of the molecule is C=C1COC[C@H]1n1ccc(=O)n(C(=O)c2ccccc2)c1=O. The van der Waals surface area contributed by atoms with E-state index in [0.717, 1.165) is 5.57 Å². The summed E-state index contributed by atoms with van der Waals surface area (Å²) in [5.74, 6) is -0.644. The van der Waals surface area contributed by atoms with Gasteiger partial charge in [-0.3, -0.25) is 14.2 Å². The molecule has 6 nitrogen and oxygen atoms in total. The maximum Gasteiger partial charge on any atom is 0.338 e. The second-order valence-corrected chi connectivity index (χ2v) is 5.04. The van der Waals surface area contributed by atoms with Crippen molar-refractivity contribution in [1.82, 2.24) is 9.13 Å². The van der Waals surface area contributed by atoms with Crippen molar-refractivity contribution in [3.8, 4) is 0 Å². The Balaban J connectivity index is 2.13. The van der Waals surface area contributed by atoms with E-state index in [1.807, 2.05) is 0 Å². The number of benzene rings is 1. The Kier molecular flexibility index (Phi) is 3.60. The standard InChI is InChI=1S/C16H14N2O4/c1-11-9-22-10-13(11)17-8-7-14(19)18(16(17)21)15(20)12-5-3-2-4-6-12/h2-8,13H,1,9-10H2/t13-/m1/s1. The molecule has 1 fully saturated rings. The second-order valence-electron chi connectivity index (χ2n) is 5.04. The molecule has 1 atom stereocenters. The summed E-state index contributed by atoms with van der Waals surface area (Å²) in [4.78, 5) is 37.0. The molecule has 1 aliphatic heterocycles. The van der Waals surface area contributed by atoms with E-state index in [2.05, 4.69) is 6.58 Å². The average Bonchev–Trinajstić information content (AvgIpc) is 2.94. The summed E-state index contributed by atoms with van der Waals surface area (Å²) < 4.78 is 7.22. The molecule has 0 spiro atoms. The Morgan fingerprint density at radius 3 is 2.55 bits per heavy atom. The van der Waals surface area contributed by atoms with E-state index >= 15 is 0 Å². The van der Waals surface area contributed by atoms with Crippen molar-refractivity contribution in [3.05, 3.63) is 81.1 Å². The molecule has 1 aliphatic rings. The van der Waals surface area contributed by atoms with E-state index in [9.17, 15) is 14.4 Å². The quantitative estimate of drug-likeness (QED) is 0.770. The van der Waals surface area contributed by atoms with Crippen molar-refractivity contribution in [2.45, 2.75) is 6.04 Å². The van der Waals surface area contributed by atoms with Crippen LogP contribution in [0.25, 0.3) is 0 Å². The number of nitrogens with zero attached hydrogens (tertiary/aromatic N) is 2. The maximum absolute atomic E-state index is 12.5. The van der Waals surface area contributed by atoms with E-state index in [0.29, 0.717) is 17.8 Å². The number of carbonyl (C=O) groups is 1. The molecule has 2 aromatic rings. The van der Waals surface area contributed by atoms with Gasteiger partial charge in [-0.05, 0) is 17.7 Å². The van der Waals surface area contributed by atoms with Crippen molar-refractivity contribution in [2.24, 2.45) is 0 Å². The lowest BCUT2D eigenvalue weighted by atomic mass is 10.2. The molecule has 3 rings (SSSR count). The molecule has 112 valence electrons. The first-order valence-electron chi connectivity index (χ1n) is 6.79. The Morgan fingerprint density at radius 2 is 1.91 bits per heavy atom. The minimum Gasteiger partial charge on any atom is -0.375 e. The van der Waals surface area contributed by atoms with Crippen LogP contribution in [0.1, 0.15) is 16.4 Å². The predicted molar refractivity (Wildman–Crippen MR) is 80.1 cm³/mol. The van der Waals surface area contributed by atoms with Crippen molar-refractivity contribution < 1.29 is 9.53 Å². The van der Waals surface area contributed by atoms with Gasteiger partial charge in [0.25, 0.3) is 11.5 Å². The van der Waals surface area contributed by atoms with E-state index in [1.54, 1.807) is 30.3 Å². The van der Waals surface area contributed by atoms with Gasteiger partial charge in [-0.1, -0.05) is 24.8 Å². The van der Waals surface area contributed by atoms with Gasteiger partial charge < -0.3 is 4.74 Å². The van der Waals surface area contributed by atoms with Crippen LogP contribution in [-0.4, -0.2) is 28.3 Å². The van der Waals surface area contributed by atoms with E-state index in [4.69, 9.17) is 4.74 Å². The van der Waals surface area contributed by atoms with Crippen molar-refractivity contribution >= 4 is 5.91 Å². The van der Waals surface area contributed by atoms with Gasteiger partial charge in [0, 0.05) is 17.8 Å². The fourth-order valence-corrected chi connectivity index (χ4v) is 2.42. The topological polar surface area (TPSA) is 70.3 Å². The number of ether oxygens (including phenoxy) is 1. The smallest absolute Gasteiger partial charge is 0.338 e. The third-order valence-corrected chi connectivity index (χ3v) is 3.60. The number of hydrogen-bond donors (Lipinski definition) is 0. The fraction of sp³-hybridized carbons (Fsp3) is 0.188. The molecule has 0 amide bonds. The van der Waals surface area contributed by atoms with Gasteiger partial charge in [0.2, 0.25) is 0 Å². The highest BCUT2D eigenvalue weighted by Crippen LogP contribution is 2.21. The van der Waals surface area contributed by atoms with Gasteiger partial charge >= 0.3 is 5.69 Å². The molecule has 0 saturated carbocycles. The van der Waals surface area contributed by atoms with E-state index < -0.39 is 17.2 Å². The zero-order chi connectivity index (χ0) is 15.7. The van der Waals surface area contributed by atoms with Crippen LogP contribution < -0.4 is 11.2 Å². The van der Waals surface area contributed by atoms with Gasteiger partial charge in [-0.15, -0.1) is 0 Å². The van der Waals surface area contributed by atoms with Crippen LogP contribution >= 0.6 is 0 Å². The number of rotatable bonds is 2. The van der Waals surface area contributed by atoms with Gasteiger partial charge in [-0.25, -0.2) is 4.79 Å². The third-order valence-electron chi connectivity index (χ3n) is 3.60. The van der Waals surface area contributed by atoms with Gasteiger partial charge in [0.1, 0.15) is 0 Å². The van der Waals surface area contributed by atoms with Crippen LogP contribution in [0.15, 0.2) is 64.3 Å². The monoisotopic (exact) mass is 298 g/mol. The summed E-state index contributed by atoms with van der Waals surface area (Å²) in [6.45, 7) is 4.52. The van der Waals surface area contributed by atoms with Crippen LogP contribution in [0, 0.1) is 0 Å². The Labute approximate surface area is 125 Å². The summed E-state index contributed by atoms with van der Waals surface area (Å²) in [7, 11) is 0. The van der Waals surface area contributed by atoms with Crippen LogP contribution in [0.4, 0.5) is 0 Å². The van der Waals surface area contributed by atoms with Crippen LogP contribution in [0.3, 0.4) is 0 Å². The van der Waals surface area contributed by atoms with Gasteiger partial charge in [0.05, 0.1) is 19.3 Å². The van der Waals surface area contributed by atoms with Crippen LogP contribution in [0.5, 0.6) is 0 Å².